The van der Waals surface area contributed by atoms with Gasteiger partial charge in [0.15, 0.2) is 11.9 Å². The lowest BCUT2D eigenvalue weighted by Gasteiger charge is -2.34. The number of aryl methyl sites for hydroxylation is 6. The summed E-state index contributed by atoms with van der Waals surface area (Å²) in [5.74, 6) is -10.1. The molecule has 9 rings (SSSR count). The predicted molar refractivity (Wildman–Crippen MR) is 526 cm³/mol. The first kappa shape index (κ1) is 113. The fraction of sp³-hybridized carbons (Fsp3) is 0.452. The molecular weight excluding hydrogens is 1920 g/mol. The molecule has 0 aliphatic carbocycles. The Morgan fingerprint density at radius 3 is 1.22 bits per heavy atom. The molecule has 4 aromatic heterocycles. The lowest BCUT2D eigenvalue weighted by atomic mass is 10.1. The number of hydrogen-bond acceptors (Lipinski definition) is 30. The van der Waals surface area contributed by atoms with E-state index in [-0.39, 0.29) is 208 Å². The van der Waals surface area contributed by atoms with Crippen LogP contribution in [0.15, 0.2) is 130 Å². The number of nitrogens with one attached hydrogen (secondary N) is 14. The van der Waals surface area contributed by atoms with Crippen LogP contribution in [0.1, 0.15) is 113 Å². The molecule has 0 bridgehead atoms. The van der Waals surface area contributed by atoms with Crippen LogP contribution >= 0.6 is 0 Å². The van der Waals surface area contributed by atoms with E-state index in [0.717, 1.165) is 11.1 Å². The van der Waals surface area contributed by atoms with Crippen molar-refractivity contribution in [3.63, 3.8) is 0 Å². The highest BCUT2D eigenvalue weighted by Gasteiger charge is 2.35. The molecule has 0 radical (unpaired) electrons. The number of H-pyrrole nitrogens is 2. The number of imidazole rings is 2. The molecule has 51 heteroatoms. The number of amides is 10. The second kappa shape index (κ2) is 53.9. The Morgan fingerprint density at radius 2 is 0.854 bits per heavy atom. The number of anilines is 2. The van der Waals surface area contributed by atoms with Crippen molar-refractivity contribution in [3.8, 4) is 11.5 Å². The van der Waals surface area contributed by atoms with Gasteiger partial charge in [-0.15, -0.1) is 0 Å². The minimum Gasteiger partial charge on any atom is -0.512 e. The van der Waals surface area contributed by atoms with Crippen molar-refractivity contribution in [1.29, 1.82) is 0 Å². The lowest BCUT2D eigenvalue weighted by molar-refractivity contribution is -0.139. The minimum absolute atomic E-state index is 0.00287. The number of aliphatic hydroxyl groups excluding tert-OH is 1. The van der Waals surface area contributed by atoms with E-state index in [0.29, 0.717) is 40.9 Å². The number of carbonyl (C=O) groups excluding carboxylic acids is 9. The first-order chi connectivity index (χ1) is 68.4. The van der Waals surface area contributed by atoms with Gasteiger partial charge >= 0.3 is 29.9 Å². The predicted octanol–water partition coefficient (Wildman–Crippen LogP) is 0.165. The zero-order valence-electron chi connectivity index (χ0n) is 81.1. The smallest absolute Gasteiger partial charge is 0.324 e. The topological polar surface area (TPSA) is 672 Å². The van der Waals surface area contributed by atoms with E-state index in [1.165, 1.54) is 64.4 Å². The third-order valence-corrected chi connectivity index (χ3v) is 26.7. The molecule has 4 aromatic carbocycles. The number of aromatic nitrogens is 6. The maximum absolute atomic E-state index is 14.7. The molecule has 1 saturated heterocycles. The van der Waals surface area contributed by atoms with Gasteiger partial charge in [-0.1, -0.05) is 32.6 Å². The molecule has 4 atom stereocenters. The van der Waals surface area contributed by atoms with Gasteiger partial charge in [0.2, 0.25) is 66.3 Å². The van der Waals surface area contributed by atoms with E-state index < -0.39 is 178 Å². The van der Waals surface area contributed by atoms with Gasteiger partial charge in [0.25, 0.3) is 11.8 Å². The number of carbonyl (C=O) groups is 13. The average molecular weight is 2050 g/mol. The van der Waals surface area contributed by atoms with Gasteiger partial charge in [-0.2, -0.15) is 9.44 Å². The highest BCUT2D eigenvalue weighted by Crippen LogP contribution is 2.29. The Kier molecular flexibility index (Phi) is 42.2. The minimum atomic E-state index is -4.60. The molecule has 1 fully saturated rings. The zero-order valence-corrected chi connectivity index (χ0v) is 82.8. The monoisotopic (exact) mass is 2040 g/mol. The molecule has 0 spiro atoms. The first-order valence-electron chi connectivity index (χ1n) is 46.4. The van der Waals surface area contributed by atoms with Gasteiger partial charge in [0.1, 0.15) is 46.8 Å². The summed E-state index contributed by atoms with van der Waals surface area (Å²) in [5, 5.41) is 77.3. The molecule has 144 heavy (non-hydrogen) atoms. The number of pyridine rings is 2. The van der Waals surface area contributed by atoms with Gasteiger partial charge in [0, 0.05) is 193 Å². The number of sulfonamides is 2. The van der Waals surface area contributed by atoms with Gasteiger partial charge < -0.3 is 107 Å². The molecule has 19 N–H and O–H groups in total. The van der Waals surface area contributed by atoms with Crippen molar-refractivity contribution in [2.75, 3.05) is 148 Å². The Balaban J connectivity index is 0.731. The molecule has 3 unspecified atom stereocenters. The first-order valence-corrected chi connectivity index (χ1v) is 49.3. The van der Waals surface area contributed by atoms with Crippen LogP contribution in [0.25, 0.3) is 21.8 Å². The van der Waals surface area contributed by atoms with Crippen LogP contribution in [0, 0.1) is 27.7 Å². The van der Waals surface area contributed by atoms with Crippen LogP contribution in [0.4, 0.5) is 16.7 Å². The normalized spacial score (nSPS) is 13.9. The molecule has 1 aliphatic heterocycles. The standard InChI is InChI=1S/C93H125N23O26S2/c1-10-69(87(130)96-23-21-94-75(118)14-12-38-141-63-40-56(3)83(57(4)41-63)143(137,138)108-71(89(132)133)48-102-85(128)67-51-110(8)73-44-61(16-18-65(73)81(67)126)46-104-91-98-25-26-99-91)106-77(120)20-29-116(78(121)53-113-32-36-114(54-79(122)123)34-30-112(50-60(7)117)31-35-115(37-33-113)55-80(124)125)93(136)107-70(11-2)88(131)97-24-22-95-76(119)15-13-39-142-64-42-58(5)84(59(6)43-64)144(139,140)109-72(90(134)135)49-103-86(129)68-52-111(9)74-45-62(17-19-66(74)82(68)127)47-105-92-100-27-28-101-92/h16-19,25-28,40-45,51-52,69-72,108-109,117H,7,10-15,20-24,29-39,46-50,53-55H2,1-6,8-9H3,(H,94,118)(H,95,119)(H,96,130)(H,97,131)(H,102,128)(H,103,129)(H,106,120)(H,107,136)(H,122,123)(H,124,125)(H,132,133)(H,134,135)(H2,98,99,104)(H2,100,101,105)/t69?,70?,71-,72?/m0/s1. The number of aliphatic carboxylic acids is 4. The van der Waals surface area contributed by atoms with Gasteiger partial charge in [-0.3, -0.25) is 91.6 Å². The van der Waals surface area contributed by atoms with Crippen LogP contribution < -0.4 is 82.9 Å². The number of carboxylic acid groups (broad SMARTS) is 4. The second-order valence-electron chi connectivity index (χ2n) is 34.3. The second-order valence-corrected chi connectivity index (χ2v) is 37.6. The van der Waals surface area contributed by atoms with E-state index >= 15 is 0 Å². The van der Waals surface area contributed by atoms with Gasteiger partial charge in [-0.05, 0) is 135 Å². The SMILES string of the molecule is C=C(O)CN1CCN(CC(=O)O)CCN(CC(=O)N(CCC(=O)NC(CC)C(=O)NCCNC(=O)CCCOc2cc(C)c(S(=O)(=O)N[C@@H](CNC(=O)c3cn(C)c4cc(CNc5ncc[nH]5)ccc4c3=O)C(=O)O)c(C)c2)C(=O)NC(CC)C(=O)NCCNC(=O)CCCOc2cc(C)c(S(=O)(=O)NC(CNC(=O)c3cn(C)c4cc(CNc5ncc[nH]5)ccc4c3=O)C(=O)O)c(C)c2)CCN(CC(=O)O)CC1. The van der Waals surface area contributed by atoms with Crippen LogP contribution in [0.2, 0.25) is 0 Å². The largest absolute Gasteiger partial charge is 0.512 e. The Bertz CT molecular complexity index is 6260. The number of nitrogens with zero attached hydrogens (tertiary/aromatic N) is 9. The number of aromatic amines is 2. The van der Waals surface area contributed by atoms with Crippen molar-refractivity contribution in [2.45, 2.75) is 134 Å². The average Bonchev–Trinajstić information content (AvgIpc) is 0.851. The van der Waals surface area contributed by atoms with Crippen LogP contribution in [0.5, 0.6) is 11.5 Å². The Morgan fingerprint density at radius 1 is 0.479 bits per heavy atom. The van der Waals surface area contributed by atoms with E-state index in [4.69, 9.17) is 9.47 Å². The zero-order chi connectivity index (χ0) is 105. The van der Waals surface area contributed by atoms with Crippen molar-refractivity contribution in [3.05, 3.63) is 175 Å². The molecule has 0 saturated carbocycles. The number of carboxylic acids is 4. The van der Waals surface area contributed by atoms with Gasteiger partial charge in [-0.25, -0.2) is 31.6 Å². The van der Waals surface area contributed by atoms with Gasteiger partial charge in [0.05, 0.1) is 66.0 Å². The van der Waals surface area contributed by atoms with Crippen molar-refractivity contribution < 1.29 is 114 Å². The highest BCUT2D eigenvalue weighted by molar-refractivity contribution is 7.90. The summed E-state index contributed by atoms with van der Waals surface area (Å²) >= 11 is 0. The number of urea groups is 1. The summed E-state index contributed by atoms with van der Waals surface area (Å²) in [4.78, 5) is 221. The fourth-order valence-corrected chi connectivity index (χ4v) is 19.2. The van der Waals surface area contributed by atoms with E-state index in [2.05, 4.69) is 89.1 Å². The summed E-state index contributed by atoms with van der Waals surface area (Å²) < 4.78 is 74.6. The number of aliphatic hydroxyl groups is 1. The van der Waals surface area contributed by atoms with Crippen molar-refractivity contribution in [1.82, 2.24) is 106 Å². The summed E-state index contributed by atoms with van der Waals surface area (Å²) in [6, 6.07) is 8.28. The van der Waals surface area contributed by atoms with E-state index in [1.807, 2.05) is 0 Å². The Hall–Kier alpha value is -14.8. The molecule has 8 aromatic rings. The van der Waals surface area contributed by atoms with Crippen molar-refractivity contribution in [2.24, 2.45) is 14.1 Å². The van der Waals surface area contributed by atoms with Crippen LogP contribution in [0.3, 0.4) is 0 Å². The third-order valence-electron chi connectivity index (χ3n) is 23.2. The number of benzene rings is 4. The summed E-state index contributed by atoms with van der Waals surface area (Å²) in [6.07, 6.45) is 8.64. The van der Waals surface area contributed by atoms with Crippen LogP contribution in [-0.2, 0) is 95.2 Å². The molecule has 10 amide bonds. The molecule has 1 aliphatic rings. The molecular formula is C93H125N23O26S2. The number of hydrogen-bond donors (Lipinski definition) is 19. The van der Waals surface area contributed by atoms with Crippen LogP contribution in [-0.4, -0.2) is 335 Å². The lowest BCUT2D eigenvalue weighted by Crippen LogP contribution is -2.56. The van der Waals surface area contributed by atoms with Crippen molar-refractivity contribution >= 4 is 131 Å². The number of rotatable bonds is 53. The summed E-state index contributed by atoms with van der Waals surface area (Å²) in [6.45, 7) is 10.1. The number of imide groups is 1. The summed E-state index contributed by atoms with van der Waals surface area (Å²) in [5.41, 5.74) is 1.39. The third kappa shape index (κ3) is 34.0. The number of fused-ring (bicyclic) bond motifs is 2. The fourth-order valence-electron chi connectivity index (χ4n) is 15.9. The molecule has 5 heterocycles. The quantitative estimate of drug-likeness (QED) is 0.0178. The maximum Gasteiger partial charge on any atom is 0.324 e. The summed E-state index contributed by atoms with van der Waals surface area (Å²) in [7, 11) is -5.93. The van der Waals surface area contributed by atoms with E-state index in [1.54, 1.807) is 118 Å². The Labute approximate surface area is 828 Å². The van der Waals surface area contributed by atoms with E-state index in [9.17, 15) is 114 Å². The molecule has 780 valence electrons. The maximum atomic E-state index is 14.7. The molecule has 49 nitrogen and oxygen atoms in total. The number of ether oxygens (including phenoxy) is 2. The highest BCUT2D eigenvalue weighted by atomic mass is 32.2.